The lowest BCUT2D eigenvalue weighted by molar-refractivity contribution is 0.100. The maximum atomic E-state index is 12.2. The molecule has 0 unspecified atom stereocenters. The van der Waals surface area contributed by atoms with Gasteiger partial charge in [-0.1, -0.05) is 70.7 Å². The van der Waals surface area contributed by atoms with Gasteiger partial charge in [0.2, 0.25) is 5.91 Å². The molecule has 0 saturated carbocycles. The van der Waals surface area contributed by atoms with Gasteiger partial charge in [0.15, 0.2) is 0 Å². The Kier molecular flexibility index (Phi) is 5.75. The number of fused-ring (bicyclic) bond motifs is 3. The van der Waals surface area contributed by atoms with E-state index < -0.39 is 5.91 Å². The fourth-order valence-electron chi connectivity index (χ4n) is 4.30. The highest BCUT2D eigenvalue weighted by Crippen LogP contribution is 2.37. The van der Waals surface area contributed by atoms with Crippen LogP contribution < -0.4 is 5.73 Å². The summed E-state index contributed by atoms with van der Waals surface area (Å²) in [5.41, 5.74) is 10.7. The molecule has 5 aromatic rings. The largest absolute Gasteiger partial charge is 0.366 e. The normalized spacial score (nSPS) is 11.4. The van der Waals surface area contributed by atoms with Gasteiger partial charge in [-0.3, -0.25) is 4.79 Å². The Hall–Kier alpha value is -2.69. The number of carbonyl (C=O) groups is 1. The van der Waals surface area contributed by atoms with Gasteiger partial charge in [-0.25, -0.2) is 0 Å². The highest BCUT2D eigenvalue weighted by atomic mass is 35.5. The summed E-state index contributed by atoms with van der Waals surface area (Å²) in [5, 5.41) is 3.98. The molecule has 1 heterocycles. The molecule has 2 N–H and O–H groups in total. The van der Waals surface area contributed by atoms with Crippen molar-refractivity contribution in [3.8, 4) is 11.1 Å². The Bertz CT molecular complexity index is 1550. The Morgan fingerprint density at radius 1 is 0.788 bits per heavy atom. The molecule has 1 aromatic heterocycles. The van der Waals surface area contributed by atoms with Crippen molar-refractivity contribution in [1.82, 2.24) is 4.57 Å². The fourth-order valence-corrected chi connectivity index (χ4v) is 5.38. The molecule has 4 aromatic carbocycles. The summed E-state index contributed by atoms with van der Waals surface area (Å²) < 4.78 is 2.13. The second-order valence-corrected chi connectivity index (χ2v) is 9.50. The van der Waals surface area contributed by atoms with Gasteiger partial charge in [-0.15, -0.1) is 0 Å². The molecule has 3 nitrogen and oxygen atoms in total. The Balaban J connectivity index is 1.81. The molecule has 7 heteroatoms. The first-order valence-corrected chi connectivity index (χ1v) is 11.6. The molecule has 33 heavy (non-hydrogen) atoms. The van der Waals surface area contributed by atoms with Gasteiger partial charge in [-0.05, 0) is 59.7 Å². The third-order valence-electron chi connectivity index (χ3n) is 5.66. The fraction of sp³-hybridized carbons (Fsp3) is 0.0385. The molecular weight excluding hydrogens is 498 g/mol. The Morgan fingerprint density at radius 3 is 2.24 bits per heavy atom. The van der Waals surface area contributed by atoms with E-state index in [-0.39, 0.29) is 0 Å². The second kappa shape index (κ2) is 8.58. The molecule has 5 rings (SSSR count). The quantitative estimate of drug-likeness (QED) is 0.258. The molecule has 0 saturated heterocycles. The summed E-state index contributed by atoms with van der Waals surface area (Å²) in [5.74, 6) is -0.477. The van der Waals surface area contributed by atoms with Crippen LogP contribution in [-0.2, 0) is 6.54 Å². The first-order chi connectivity index (χ1) is 15.8. The summed E-state index contributed by atoms with van der Waals surface area (Å²) in [6.07, 6.45) is 0. The molecule has 0 spiro atoms. The minimum absolute atomic E-state index is 0.470. The van der Waals surface area contributed by atoms with Crippen molar-refractivity contribution in [2.45, 2.75) is 6.54 Å². The van der Waals surface area contributed by atoms with Gasteiger partial charge < -0.3 is 10.3 Å². The zero-order chi connectivity index (χ0) is 23.3. The minimum atomic E-state index is -0.477. The van der Waals surface area contributed by atoms with E-state index in [2.05, 4.69) is 10.6 Å². The van der Waals surface area contributed by atoms with Crippen LogP contribution in [0.4, 0.5) is 0 Å². The van der Waals surface area contributed by atoms with Gasteiger partial charge in [0, 0.05) is 48.5 Å². The summed E-state index contributed by atoms with van der Waals surface area (Å²) in [6, 6.07) is 22.5. The number of nitrogens with zero attached hydrogens (tertiary/aromatic N) is 1. The standard InChI is InChI=1S/C26H16Cl4N2O/c27-16-5-7-19(22(30)12-16)15-4-6-20-24(10-15)32(13-14-8-17(28)11-18(29)9-14)23-3-1-2-21(25(20)23)26(31)33/h1-12H,13H2,(H2,31,33). The van der Waals surface area contributed by atoms with E-state index in [1.54, 1.807) is 18.2 Å². The molecule has 0 aliphatic heterocycles. The number of benzene rings is 4. The number of carbonyl (C=O) groups excluding carboxylic acids is 1. The number of hydrogen-bond donors (Lipinski definition) is 1. The van der Waals surface area contributed by atoms with Gasteiger partial charge in [0.25, 0.3) is 0 Å². The van der Waals surface area contributed by atoms with Crippen LogP contribution in [0.1, 0.15) is 15.9 Å². The van der Waals surface area contributed by atoms with Crippen molar-refractivity contribution >= 4 is 74.1 Å². The predicted molar refractivity (Wildman–Crippen MR) is 139 cm³/mol. The van der Waals surface area contributed by atoms with Crippen LogP contribution in [0.2, 0.25) is 20.1 Å². The molecule has 1 amide bonds. The van der Waals surface area contributed by atoms with E-state index in [0.29, 0.717) is 32.2 Å². The van der Waals surface area contributed by atoms with Crippen LogP contribution in [0.15, 0.2) is 72.8 Å². The topological polar surface area (TPSA) is 48.0 Å². The van der Waals surface area contributed by atoms with Gasteiger partial charge >= 0.3 is 0 Å². The Morgan fingerprint density at radius 2 is 1.55 bits per heavy atom. The smallest absolute Gasteiger partial charge is 0.249 e. The summed E-state index contributed by atoms with van der Waals surface area (Å²) in [7, 11) is 0. The lowest BCUT2D eigenvalue weighted by Crippen LogP contribution is -2.11. The van der Waals surface area contributed by atoms with Crippen LogP contribution in [0.25, 0.3) is 32.9 Å². The minimum Gasteiger partial charge on any atom is -0.366 e. The second-order valence-electron chi connectivity index (χ2n) is 7.78. The summed E-state index contributed by atoms with van der Waals surface area (Å²) in [4.78, 5) is 12.2. The van der Waals surface area contributed by atoms with Crippen LogP contribution in [-0.4, -0.2) is 10.5 Å². The van der Waals surface area contributed by atoms with Crippen LogP contribution in [0.5, 0.6) is 0 Å². The highest BCUT2D eigenvalue weighted by molar-refractivity contribution is 6.36. The zero-order valence-corrected chi connectivity index (χ0v) is 20.1. The van der Waals surface area contributed by atoms with Crippen molar-refractivity contribution in [2.75, 3.05) is 0 Å². The number of hydrogen-bond acceptors (Lipinski definition) is 1. The number of amides is 1. The van der Waals surface area contributed by atoms with Gasteiger partial charge in [0.05, 0.1) is 11.0 Å². The maximum Gasteiger partial charge on any atom is 0.249 e. The third kappa shape index (κ3) is 4.07. The SMILES string of the molecule is NC(=O)c1cccc2c1c1ccc(-c3ccc(Cl)cc3Cl)cc1n2Cc1cc(Cl)cc(Cl)c1. The van der Waals surface area contributed by atoms with Gasteiger partial charge in [0.1, 0.15) is 0 Å². The highest BCUT2D eigenvalue weighted by Gasteiger charge is 2.18. The molecule has 0 fully saturated rings. The average Bonchev–Trinajstić information content (AvgIpc) is 3.06. The monoisotopic (exact) mass is 512 g/mol. The predicted octanol–water partition coefficient (Wildman–Crippen LogP) is 8.22. The molecule has 0 aliphatic rings. The van der Waals surface area contributed by atoms with Crippen molar-refractivity contribution in [1.29, 1.82) is 0 Å². The first-order valence-electron chi connectivity index (χ1n) is 10.1. The van der Waals surface area contributed by atoms with Crippen molar-refractivity contribution < 1.29 is 4.79 Å². The van der Waals surface area contributed by atoms with E-state index in [1.807, 2.05) is 48.5 Å². The van der Waals surface area contributed by atoms with E-state index in [1.165, 1.54) is 0 Å². The molecule has 0 atom stereocenters. The van der Waals surface area contributed by atoms with Crippen molar-refractivity contribution in [3.05, 3.63) is 104 Å². The summed E-state index contributed by atoms with van der Waals surface area (Å²) >= 11 is 25.1. The molecule has 0 bridgehead atoms. The molecule has 0 aliphatic carbocycles. The number of rotatable bonds is 4. The summed E-state index contributed by atoms with van der Waals surface area (Å²) in [6.45, 7) is 0.500. The zero-order valence-electron chi connectivity index (χ0n) is 17.1. The number of halogens is 4. The molecule has 164 valence electrons. The van der Waals surface area contributed by atoms with Gasteiger partial charge in [-0.2, -0.15) is 0 Å². The van der Waals surface area contributed by atoms with Crippen LogP contribution in [0, 0.1) is 0 Å². The van der Waals surface area contributed by atoms with E-state index in [4.69, 9.17) is 52.1 Å². The van der Waals surface area contributed by atoms with Crippen molar-refractivity contribution in [3.63, 3.8) is 0 Å². The van der Waals surface area contributed by atoms with Crippen LogP contribution in [0.3, 0.4) is 0 Å². The van der Waals surface area contributed by atoms with E-state index in [9.17, 15) is 4.79 Å². The number of primary amides is 1. The van der Waals surface area contributed by atoms with E-state index in [0.717, 1.165) is 38.5 Å². The first kappa shape index (κ1) is 22.1. The van der Waals surface area contributed by atoms with Crippen molar-refractivity contribution in [2.24, 2.45) is 5.73 Å². The lowest BCUT2D eigenvalue weighted by Gasteiger charge is -2.11. The lowest BCUT2D eigenvalue weighted by atomic mass is 10.0. The van der Waals surface area contributed by atoms with Crippen LogP contribution >= 0.6 is 46.4 Å². The van der Waals surface area contributed by atoms with E-state index >= 15 is 0 Å². The molecule has 0 radical (unpaired) electrons. The molecular formula is C26H16Cl4N2O. The Labute approximate surface area is 210 Å². The maximum absolute atomic E-state index is 12.2. The average molecular weight is 514 g/mol. The number of nitrogens with two attached hydrogens (primary N) is 1. The third-order valence-corrected chi connectivity index (χ3v) is 6.65. The number of aromatic nitrogens is 1.